The number of hydrogen-bond donors (Lipinski definition) is 1. The summed E-state index contributed by atoms with van der Waals surface area (Å²) in [5.74, 6) is -0.496. The topological polar surface area (TPSA) is 61.9 Å². The first kappa shape index (κ1) is 18.2. The highest BCUT2D eigenvalue weighted by atomic mass is 19.1. The van der Waals surface area contributed by atoms with Gasteiger partial charge in [-0.2, -0.15) is 5.10 Å². The molecule has 4 aromatic rings. The second kappa shape index (κ2) is 7.22. The van der Waals surface area contributed by atoms with Crippen LogP contribution in [0.3, 0.4) is 0 Å². The van der Waals surface area contributed by atoms with Gasteiger partial charge in [0.25, 0.3) is 5.91 Å². The Morgan fingerprint density at radius 3 is 2.67 bits per heavy atom. The summed E-state index contributed by atoms with van der Waals surface area (Å²) in [6, 6.07) is 17.7. The van der Waals surface area contributed by atoms with Crippen molar-refractivity contribution in [3.05, 3.63) is 107 Å². The molecule has 5 rings (SSSR count). The molecule has 1 amide bonds. The smallest absolute Gasteiger partial charge is 0.273 e. The van der Waals surface area contributed by atoms with Crippen LogP contribution in [-0.2, 0) is 6.54 Å². The maximum absolute atomic E-state index is 14.1. The van der Waals surface area contributed by atoms with Gasteiger partial charge in [0.1, 0.15) is 11.5 Å². The van der Waals surface area contributed by atoms with Crippen molar-refractivity contribution in [2.24, 2.45) is 0 Å². The highest BCUT2D eigenvalue weighted by molar-refractivity contribution is 6.00. The number of amides is 1. The fraction of sp³-hybridized carbons (Fsp3) is 0.125. The molecule has 148 valence electrons. The molecule has 0 spiro atoms. The van der Waals surface area contributed by atoms with Gasteiger partial charge in [-0.3, -0.25) is 14.9 Å². The van der Waals surface area contributed by atoms with E-state index in [4.69, 9.17) is 0 Å². The number of aromatic amines is 1. The number of hydrogen-bond acceptors (Lipinski definition) is 3. The summed E-state index contributed by atoms with van der Waals surface area (Å²) in [6.45, 7) is 2.39. The fourth-order valence-corrected chi connectivity index (χ4v) is 4.00. The molecular weight excluding hydrogens is 379 g/mol. The normalized spacial score (nSPS) is 15.5. The first-order chi connectivity index (χ1) is 14.6. The van der Waals surface area contributed by atoms with Crippen molar-refractivity contribution in [2.75, 3.05) is 0 Å². The quantitative estimate of drug-likeness (QED) is 0.544. The van der Waals surface area contributed by atoms with E-state index in [9.17, 15) is 9.18 Å². The molecule has 2 aromatic carbocycles. The van der Waals surface area contributed by atoms with Gasteiger partial charge in [0.05, 0.1) is 11.7 Å². The minimum Gasteiger partial charge on any atom is -0.322 e. The van der Waals surface area contributed by atoms with E-state index in [1.807, 2.05) is 49.4 Å². The summed E-state index contributed by atoms with van der Waals surface area (Å²) < 4.78 is 14.1. The average molecular weight is 398 g/mol. The molecule has 2 aromatic heterocycles. The van der Waals surface area contributed by atoms with Crippen LogP contribution in [0.1, 0.15) is 38.8 Å². The Morgan fingerprint density at radius 1 is 1.10 bits per heavy atom. The zero-order valence-corrected chi connectivity index (χ0v) is 16.3. The SMILES string of the molecule is Cc1ccc(-c2n[nH]c3c2C(c2cccc(F)c2)N(Cc2cccnc2)C3=O)cc1. The Bertz CT molecular complexity index is 1220. The lowest BCUT2D eigenvalue weighted by Gasteiger charge is -2.26. The summed E-state index contributed by atoms with van der Waals surface area (Å²) in [7, 11) is 0. The van der Waals surface area contributed by atoms with E-state index in [2.05, 4.69) is 15.2 Å². The molecule has 0 saturated carbocycles. The second-order valence-electron chi connectivity index (χ2n) is 7.48. The van der Waals surface area contributed by atoms with Gasteiger partial charge in [0.2, 0.25) is 0 Å². The van der Waals surface area contributed by atoms with Crippen LogP contribution in [0, 0.1) is 12.7 Å². The molecule has 3 heterocycles. The van der Waals surface area contributed by atoms with E-state index in [1.54, 1.807) is 23.4 Å². The van der Waals surface area contributed by atoms with E-state index in [-0.39, 0.29) is 11.7 Å². The lowest BCUT2D eigenvalue weighted by atomic mass is 9.95. The van der Waals surface area contributed by atoms with Crippen molar-refractivity contribution in [3.8, 4) is 11.3 Å². The number of H-pyrrole nitrogens is 1. The van der Waals surface area contributed by atoms with Gasteiger partial charge in [-0.1, -0.05) is 48.0 Å². The predicted molar refractivity (Wildman–Crippen MR) is 111 cm³/mol. The Kier molecular flexibility index (Phi) is 4.39. The third-order valence-electron chi connectivity index (χ3n) is 5.43. The van der Waals surface area contributed by atoms with Crippen LogP contribution in [0.25, 0.3) is 11.3 Å². The van der Waals surface area contributed by atoms with Crippen molar-refractivity contribution < 1.29 is 9.18 Å². The number of nitrogens with zero attached hydrogens (tertiary/aromatic N) is 3. The number of aromatic nitrogens is 3. The Hall–Kier alpha value is -3.80. The highest BCUT2D eigenvalue weighted by Gasteiger charge is 2.42. The zero-order valence-electron chi connectivity index (χ0n) is 16.3. The van der Waals surface area contributed by atoms with Crippen LogP contribution in [-0.4, -0.2) is 26.0 Å². The number of aryl methyl sites for hydroxylation is 1. The van der Waals surface area contributed by atoms with Gasteiger partial charge in [0.15, 0.2) is 0 Å². The molecule has 0 fully saturated rings. The Morgan fingerprint density at radius 2 is 1.93 bits per heavy atom. The molecule has 0 radical (unpaired) electrons. The largest absolute Gasteiger partial charge is 0.322 e. The molecule has 0 saturated heterocycles. The van der Waals surface area contributed by atoms with Crippen LogP contribution in [0.15, 0.2) is 73.1 Å². The first-order valence-electron chi connectivity index (χ1n) is 9.72. The number of pyridine rings is 1. The summed E-state index contributed by atoms with van der Waals surface area (Å²) in [5, 5.41) is 7.38. The third-order valence-corrected chi connectivity index (χ3v) is 5.43. The van der Waals surface area contributed by atoms with E-state index >= 15 is 0 Å². The van der Waals surface area contributed by atoms with E-state index in [0.29, 0.717) is 23.5 Å². The Balaban J connectivity index is 1.66. The number of carbonyl (C=O) groups is 1. The van der Waals surface area contributed by atoms with E-state index < -0.39 is 6.04 Å². The molecular formula is C24H19FN4O. The fourth-order valence-electron chi connectivity index (χ4n) is 4.00. The molecule has 1 unspecified atom stereocenters. The predicted octanol–water partition coefficient (Wildman–Crippen LogP) is 4.66. The molecule has 1 atom stereocenters. The molecule has 1 N–H and O–H groups in total. The first-order valence-corrected chi connectivity index (χ1v) is 9.72. The van der Waals surface area contributed by atoms with Crippen molar-refractivity contribution in [1.82, 2.24) is 20.1 Å². The minimum absolute atomic E-state index is 0.158. The van der Waals surface area contributed by atoms with Crippen LogP contribution in [0.4, 0.5) is 4.39 Å². The van der Waals surface area contributed by atoms with Crippen LogP contribution >= 0.6 is 0 Å². The maximum Gasteiger partial charge on any atom is 0.273 e. The number of carbonyl (C=O) groups excluding carboxylic acids is 1. The maximum atomic E-state index is 14.1. The van der Waals surface area contributed by atoms with Gasteiger partial charge in [-0.05, 0) is 36.2 Å². The van der Waals surface area contributed by atoms with Gasteiger partial charge in [0, 0.05) is 30.1 Å². The molecule has 1 aliphatic rings. The lowest BCUT2D eigenvalue weighted by Crippen LogP contribution is -2.29. The van der Waals surface area contributed by atoms with Crippen LogP contribution in [0.2, 0.25) is 0 Å². The minimum atomic E-state index is -0.446. The monoisotopic (exact) mass is 398 g/mol. The summed E-state index contributed by atoms with van der Waals surface area (Å²) >= 11 is 0. The van der Waals surface area contributed by atoms with Crippen molar-refractivity contribution in [1.29, 1.82) is 0 Å². The van der Waals surface area contributed by atoms with E-state index in [1.165, 1.54) is 12.1 Å². The third kappa shape index (κ3) is 3.06. The zero-order chi connectivity index (χ0) is 20.7. The van der Waals surface area contributed by atoms with E-state index in [0.717, 1.165) is 22.3 Å². The molecule has 5 nitrogen and oxygen atoms in total. The highest BCUT2D eigenvalue weighted by Crippen LogP contribution is 2.43. The van der Waals surface area contributed by atoms with Gasteiger partial charge in [-0.25, -0.2) is 4.39 Å². The molecule has 0 bridgehead atoms. The summed E-state index contributed by atoms with van der Waals surface area (Å²) in [4.78, 5) is 19.2. The van der Waals surface area contributed by atoms with Crippen LogP contribution in [0.5, 0.6) is 0 Å². The number of halogens is 1. The van der Waals surface area contributed by atoms with Gasteiger partial charge in [-0.15, -0.1) is 0 Å². The second-order valence-corrected chi connectivity index (χ2v) is 7.48. The molecule has 6 heteroatoms. The molecule has 30 heavy (non-hydrogen) atoms. The number of benzene rings is 2. The van der Waals surface area contributed by atoms with Crippen molar-refractivity contribution >= 4 is 5.91 Å². The Labute approximate surface area is 173 Å². The number of rotatable bonds is 4. The average Bonchev–Trinajstić information content (AvgIpc) is 3.29. The van der Waals surface area contributed by atoms with Crippen molar-refractivity contribution in [2.45, 2.75) is 19.5 Å². The lowest BCUT2D eigenvalue weighted by molar-refractivity contribution is 0.0729. The van der Waals surface area contributed by atoms with Gasteiger partial charge < -0.3 is 4.90 Å². The number of nitrogens with one attached hydrogen (secondary N) is 1. The standard InChI is InChI=1S/C24H19FN4O/c1-15-7-9-17(10-8-15)21-20-22(28-27-21)24(30)29(14-16-4-3-11-26-13-16)23(20)18-5-2-6-19(25)12-18/h2-13,23H,14H2,1H3,(H,27,28). The summed E-state index contributed by atoms with van der Waals surface area (Å²) in [5.41, 5.74) is 5.60. The van der Waals surface area contributed by atoms with Crippen LogP contribution < -0.4 is 0 Å². The van der Waals surface area contributed by atoms with Crippen molar-refractivity contribution in [3.63, 3.8) is 0 Å². The summed E-state index contributed by atoms with van der Waals surface area (Å²) in [6.07, 6.45) is 3.43. The number of fused-ring (bicyclic) bond motifs is 1. The molecule has 1 aliphatic heterocycles. The molecule has 0 aliphatic carbocycles. The van der Waals surface area contributed by atoms with Gasteiger partial charge >= 0.3 is 0 Å².